The Morgan fingerprint density at radius 1 is 0.884 bits per heavy atom. The molecule has 2 nitrogen and oxygen atoms in total. The zero-order chi connectivity index (χ0) is 31.2. The van der Waals surface area contributed by atoms with Crippen molar-refractivity contribution in [3.8, 4) is 5.75 Å². The van der Waals surface area contributed by atoms with Crippen molar-refractivity contribution < 1.29 is 8.85 Å². The van der Waals surface area contributed by atoms with Crippen LogP contribution < -0.4 is 4.43 Å². The quantitative estimate of drug-likeness (QED) is 0.247. The number of hydrogen-bond donors (Lipinski definition) is 0. The molecule has 43 heavy (non-hydrogen) atoms. The van der Waals surface area contributed by atoms with E-state index in [1.54, 1.807) is 11.1 Å². The van der Waals surface area contributed by atoms with E-state index in [2.05, 4.69) is 116 Å². The van der Waals surface area contributed by atoms with E-state index >= 15 is 0 Å². The second-order valence-electron chi connectivity index (χ2n) is 17.3. The highest BCUT2D eigenvalue weighted by molar-refractivity contribution is 6.74. The zero-order valence-corrected chi connectivity index (χ0v) is 31.3. The highest BCUT2D eigenvalue weighted by Gasteiger charge is 2.54. The van der Waals surface area contributed by atoms with E-state index in [-0.39, 0.29) is 10.5 Å². The van der Waals surface area contributed by atoms with Crippen molar-refractivity contribution in [3.05, 3.63) is 70.8 Å². The van der Waals surface area contributed by atoms with E-state index in [9.17, 15) is 0 Å². The van der Waals surface area contributed by atoms with Gasteiger partial charge in [-0.3, -0.25) is 0 Å². The first-order valence-corrected chi connectivity index (χ1v) is 23.0. The van der Waals surface area contributed by atoms with Crippen LogP contribution in [-0.2, 0) is 21.7 Å². The van der Waals surface area contributed by atoms with Crippen molar-refractivity contribution in [1.82, 2.24) is 0 Å². The van der Waals surface area contributed by atoms with Crippen LogP contribution in [0.25, 0.3) is 5.57 Å². The molecular weight excluding hydrogens is 557 g/mol. The van der Waals surface area contributed by atoms with Gasteiger partial charge < -0.3 is 8.85 Å². The summed E-state index contributed by atoms with van der Waals surface area (Å²) in [4.78, 5) is 0. The second-order valence-corrected chi connectivity index (χ2v) is 24.4. The van der Waals surface area contributed by atoms with Gasteiger partial charge in [0, 0.05) is 11.0 Å². The summed E-state index contributed by atoms with van der Waals surface area (Å²) in [5, 5.41) is 0.199. The molecule has 0 aliphatic heterocycles. The monoisotopic (exact) mass is 616 g/mol. The highest BCUT2D eigenvalue weighted by Crippen LogP contribution is 2.63. The Kier molecular flexibility index (Phi) is 9.36. The summed E-state index contributed by atoms with van der Waals surface area (Å²) >= 11 is 0. The van der Waals surface area contributed by atoms with Crippen LogP contribution in [-0.4, -0.2) is 24.0 Å². The molecule has 4 heteroatoms. The first-order valence-electron chi connectivity index (χ1n) is 17.3. The standard InChI is InChI=1S/C39H60O2Si2/c1-37(2,3)34-20-19-32(17-14-18-33(31-15-12-11-13-16-31)27-40-43(9,10)38(4,5)6)36(41-42(7)8)35(34)39-24-28-21-29(25-39)23-30(22-28)26-39/h11-13,15-16,18-20,28-30,42H,14,17,21-27H2,1-10H3. The summed E-state index contributed by atoms with van der Waals surface area (Å²) < 4.78 is 13.8. The molecule has 236 valence electrons. The molecule has 4 saturated carbocycles. The van der Waals surface area contributed by atoms with Gasteiger partial charge in [-0.05, 0) is 128 Å². The van der Waals surface area contributed by atoms with E-state index < -0.39 is 17.4 Å². The maximum absolute atomic E-state index is 7.07. The van der Waals surface area contributed by atoms with Crippen molar-refractivity contribution in [3.63, 3.8) is 0 Å². The Morgan fingerprint density at radius 2 is 1.47 bits per heavy atom. The van der Waals surface area contributed by atoms with Crippen molar-refractivity contribution in [2.75, 3.05) is 6.61 Å². The number of benzene rings is 2. The predicted molar refractivity (Wildman–Crippen MR) is 190 cm³/mol. The molecule has 6 rings (SSSR count). The lowest BCUT2D eigenvalue weighted by atomic mass is 9.47. The minimum Gasteiger partial charge on any atom is -0.547 e. The van der Waals surface area contributed by atoms with E-state index in [0.717, 1.165) is 30.6 Å². The molecule has 0 N–H and O–H groups in total. The molecule has 4 aliphatic rings. The normalized spacial score (nSPS) is 25.9. The van der Waals surface area contributed by atoms with Gasteiger partial charge >= 0.3 is 0 Å². The molecule has 2 aromatic carbocycles. The zero-order valence-electron chi connectivity index (χ0n) is 29.1. The van der Waals surface area contributed by atoms with Crippen LogP contribution in [0, 0.1) is 17.8 Å². The largest absolute Gasteiger partial charge is 0.547 e. The number of allylic oxidation sites excluding steroid dienone is 1. The predicted octanol–water partition coefficient (Wildman–Crippen LogP) is 10.9. The Hall–Kier alpha value is -1.63. The SMILES string of the molecule is C[SiH](C)Oc1c(CCC=C(CO[Si](C)(C)C(C)(C)C)c2ccccc2)ccc(C(C)(C)C)c1C12CC3CC(CC(C3)C1)C2. The van der Waals surface area contributed by atoms with E-state index in [1.807, 2.05) is 0 Å². The summed E-state index contributed by atoms with van der Waals surface area (Å²) in [5.41, 5.74) is 7.62. The average molecular weight is 617 g/mol. The summed E-state index contributed by atoms with van der Waals surface area (Å²) in [5.74, 6) is 4.06. The molecule has 0 unspecified atom stereocenters. The molecule has 2 aromatic rings. The molecular formula is C39H60O2Si2. The maximum atomic E-state index is 7.07. The van der Waals surface area contributed by atoms with Crippen molar-refractivity contribution >= 4 is 22.9 Å². The van der Waals surface area contributed by atoms with Gasteiger partial charge in [-0.15, -0.1) is 0 Å². The average Bonchev–Trinajstić information content (AvgIpc) is 2.89. The van der Waals surface area contributed by atoms with Gasteiger partial charge in [-0.2, -0.15) is 0 Å². The van der Waals surface area contributed by atoms with Gasteiger partial charge in [0.2, 0.25) is 9.04 Å². The van der Waals surface area contributed by atoms with Gasteiger partial charge in [-0.1, -0.05) is 90.1 Å². The molecule has 4 aliphatic carbocycles. The molecule has 0 amide bonds. The summed E-state index contributed by atoms with van der Waals surface area (Å²) in [6.07, 6.45) is 13.0. The number of aryl methyl sites for hydroxylation is 1. The van der Waals surface area contributed by atoms with Gasteiger partial charge in [-0.25, -0.2) is 0 Å². The fourth-order valence-corrected chi connectivity index (χ4v) is 10.2. The topological polar surface area (TPSA) is 18.5 Å². The molecule has 0 spiro atoms. The first kappa shape index (κ1) is 32.8. The minimum atomic E-state index is -1.85. The van der Waals surface area contributed by atoms with Crippen LogP contribution in [0.2, 0.25) is 31.2 Å². The molecule has 4 bridgehead atoms. The van der Waals surface area contributed by atoms with Gasteiger partial charge in [0.1, 0.15) is 5.75 Å². The smallest absolute Gasteiger partial charge is 0.229 e. The van der Waals surface area contributed by atoms with Gasteiger partial charge in [0.15, 0.2) is 8.32 Å². The number of hydrogen-bond acceptors (Lipinski definition) is 2. The Balaban J connectivity index is 1.50. The van der Waals surface area contributed by atoms with E-state index in [0.29, 0.717) is 12.0 Å². The molecule has 0 aromatic heterocycles. The maximum Gasteiger partial charge on any atom is 0.229 e. The molecule has 0 atom stereocenters. The third kappa shape index (κ3) is 7.12. The molecule has 0 heterocycles. The summed E-state index contributed by atoms with van der Waals surface area (Å²) in [6.45, 7) is 24.3. The van der Waals surface area contributed by atoms with Crippen LogP contribution in [0.1, 0.15) is 109 Å². The third-order valence-corrected chi connectivity index (χ3v) is 16.5. The summed E-state index contributed by atoms with van der Waals surface area (Å²) in [7, 11) is -3.16. The Morgan fingerprint density at radius 3 is 1.98 bits per heavy atom. The fraction of sp³-hybridized carbons (Fsp3) is 0.641. The summed E-state index contributed by atoms with van der Waals surface area (Å²) in [6, 6.07) is 15.8. The molecule has 0 radical (unpaired) electrons. The van der Waals surface area contributed by atoms with Gasteiger partial charge in [0.05, 0.1) is 6.61 Å². The van der Waals surface area contributed by atoms with Crippen LogP contribution in [0.3, 0.4) is 0 Å². The van der Waals surface area contributed by atoms with Crippen LogP contribution in [0.15, 0.2) is 48.5 Å². The first-order chi connectivity index (χ1) is 20.1. The molecule has 4 fully saturated rings. The molecule has 0 saturated heterocycles. The van der Waals surface area contributed by atoms with Crippen LogP contribution in [0.5, 0.6) is 5.75 Å². The van der Waals surface area contributed by atoms with Crippen LogP contribution >= 0.6 is 0 Å². The van der Waals surface area contributed by atoms with E-state index in [1.165, 1.54) is 61.0 Å². The third-order valence-electron chi connectivity index (χ3n) is 11.3. The lowest BCUT2D eigenvalue weighted by Gasteiger charge is -2.58. The number of rotatable bonds is 10. The van der Waals surface area contributed by atoms with Crippen molar-refractivity contribution in [2.45, 2.75) is 135 Å². The van der Waals surface area contributed by atoms with Crippen LogP contribution in [0.4, 0.5) is 0 Å². The lowest BCUT2D eigenvalue weighted by molar-refractivity contribution is -0.00662. The van der Waals surface area contributed by atoms with E-state index in [4.69, 9.17) is 8.85 Å². The Labute approximate surface area is 266 Å². The van der Waals surface area contributed by atoms with Gasteiger partial charge in [0.25, 0.3) is 0 Å². The Bertz CT molecular complexity index is 1260. The van der Waals surface area contributed by atoms with Crippen molar-refractivity contribution in [2.24, 2.45) is 17.8 Å². The van der Waals surface area contributed by atoms with Crippen molar-refractivity contribution in [1.29, 1.82) is 0 Å². The minimum absolute atomic E-state index is 0.106. The highest BCUT2D eigenvalue weighted by atomic mass is 28.4. The second kappa shape index (κ2) is 12.3. The lowest BCUT2D eigenvalue weighted by Crippen LogP contribution is -2.49. The fourth-order valence-electron chi connectivity index (χ4n) is 8.55.